The highest BCUT2D eigenvalue weighted by atomic mass is 35.5. The van der Waals surface area contributed by atoms with Gasteiger partial charge in [-0.05, 0) is 18.2 Å². The molecule has 2 aromatic heterocycles. The van der Waals surface area contributed by atoms with E-state index >= 15 is 0 Å². The molecule has 0 fully saturated rings. The number of aryl methyl sites for hydroxylation is 1. The van der Waals surface area contributed by atoms with Crippen LogP contribution < -0.4 is 16.6 Å². The lowest BCUT2D eigenvalue weighted by Gasteiger charge is -2.17. The molecule has 0 saturated carbocycles. The van der Waals surface area contributed by atoms with Gasteiger partial charge in [0.1, 0.15) is 11.6 Å². The number of anilines is 2. The smallest absolute Gasteiger partial charge is 0.332 e. The van der Waals surface area contributed by atoms with E-state index in [1.807, 2.05) is 0 Å². The topological polar surface area (TPSA) is 94.1 Å². The van der Waals surface area contributed by atoms with E-state index in [4.69, 9.17) is 11.6 Å². The maximum Gasteiger partial charge on any atom is 0.332 e. The number of nitrogens with zero attached hydrogens (tertiary/aromatic N) is 4. The van der Waals surface area contributed by atoms with Gasteiger partial charge < -0.3 is 10.4 Å². The zero-order valence-corrected chi connectivity index (χ0v) is 17.9. The number of fused-ring (bicyclic) bond motifs is 1. The monoisotopic (exact) mass is 479 g/mol. The van der Waals surface area contributed by atoms with E-state index in [9.17, 15) is 27.9 Å². The Hall–Kier alpha value is -3.57. The number of hydrogen-bond donors (Lipinski definition) is 2. The standard InChI is InChI=1S/C21H17ClF3N5O3/c1-28-9-12-5-18(13(22)6-17(12)27-28)26-19-8-20(32)29(2-3-31)21(33)30(19)10-11-4-15(24)16(25)7-14(11)23/h4-9,26,31H,2-3,10H2,1H3. The van der Waals surface area contributed by atoms with Crippen molar-refractivity contribution in [2.75, 3.05) is 11.9 Å². The third kappa shape index (κ3) is 4.37. The first-order valence-corrected chi connectivity index (χ1v) is 10.0. The largest absolute Gasteiger partial charge is 0.395 e. The summed E-state index contributed by atoms with van der Waals surface area (Å²) >= 11 is 6.33. The number of rotatable bonds is 6. The van der Waals surface area contributed by atoms with Gasteiger partial charge >= 0.3 is 5.69 Å². The summed E-state index contributed by atoms with van der Waals surface area (Å²) in [6.45, 7) is -1.33. The molecule has 2 aromatic carbocycles. The van der Waals surface area contributed by atoms with Gasteiger partial charge in [0, 0.05) is 36.3 Å². The third-order valence-corrected chi connectivity index (χ3v) is 5.30. The highest BCUT2D eigenvalue weighted by Crippen LogP contribution is 2.30. The van der Waals surface area contributed by atoms with E-state index in [2.05, 4.69) is 10.4 Å². The minimum absolute atomic E-state index is 0.0616. The van der Waals surface area contributed by atoms with Gasteiger partial charge in [-0.3, -0.25) is 18.6 Å². The number of benzene rings is 2. The van der Waals surface area contributed by atoms with E-state index in [0.29, 0.717) is 23.3 Å². The van der Waals surface area contributed by atoms with E-state index in [-0.39, 0.29) is 22.9 Å². The van der Waals surface area contributed by atoms with Gasteiger partial charge in [-0.2, -0.15) is 5.10 Å². The quantitative estimate of drug-likeness (QED) is 0.415. The van der Waals surface area contributed by atoms with Crippen molar-refractivity contribution in [2.45, 2.75) is 13.1 Å². The second-order valence-corrected chi connectivity index (χ2v) is 7.70. The molecule has 0 atom stereocenters. The Morgan fingerprint density at radius 1 is 1.03 bits per heavy atom. The normalized spacial score (nSPS) is 11.3. The molecule has 0 aliphatic heterocycles. The predicted molar refractivity (Wildman–Crippen MR) is 116 cm³/mol. The fourth-order valence-electron chi connectivity index (χ4n) is 3.44. The molecule has 0 radical (unpaired) electrons. The van der Waals surface area contributed by atoms with E-state index in [1.54, 1.807) is 30.1 Å². The molecule has 0 bridgehead atoms. The molecule has 4 aromatic rings. The fraction of sp³-hybridized carbons (Fsp3) is 0.190. The first kappa shape index (κ1) is 22.6. The average molecular weight is 480 g/mol. The van der Waals surface area contributed by atoms with Gasteiger partial charge in [-0.25, -0.2) is 18.0 Å². The van der Waals surface area contributed by atoms with Crippen LogP contribution in [0.25, 0.3) is 10.9 Å². The number of aromatic nitrogens is 4. The maximum absolute atomic E-state index is 14.3. The van der Waals surface area contributed by atoms with Gasteiger partial charge in [-0.1, -0.05) is 11.6 Å². The first-order valence-electron chi connectivity index (χ1n) is 9.67. The summed E-state index contributed by atoms with van der Waals surface area (Å²) in [5.41, 5.74) is -0.982. The molecule has 0 amide bonds. The summed E-state index contributed by atoms with van der Waals surface area (Å²) in [6, 6.07) is 5.32. The second-order valence-electron chi connectivity index (χ2n) is 7.29. The minimum atomic E-state index is -1.37. The molecule has 4 rings (SSSR count). The Morgan fingerprint density at radius 3 is 2.48 bits per heavy atom. The SMILES string of the molecule is Cn1cc2cc(Nc3cc(=O)n(CCO)c(=O)n3Cc3cc(F)c(F)cc3F)c(Cl)cc2n1. The molecule has 172 valence electrons. The Bertz CT molecular complexity index is 1500. The lowest BCUT2D eigenvalue weighted by Crippen LogP contribution is -2.41. The van der Waals surface area contributed by atoms with Crippen LogP contribution in [0.15, 0.2) is 46.1 Å². The molecule has 12 heteroatoms. The van der Waals surface area contributed by atoms with E-state index < -0.39 is 41.9 Å². The number of aliphatic hydroxyl groups is 1. The highest BCUT2D eigenvalue weighted by molar-refractivity contribution is 6.34. The summed E-state index contributed by atoms with van der Waals surface area (Å²) in [5.74, 6) is -3.79. The Kier molecular flexibility index (Phi) is 6.00. The van der Waals surface area contributed by atoms with Crippen LogP contribution in [-0.2, 0) is 20.1 Å². The molecule has 0 aliphatic carbocycles. The molecule has 0 spiro atoms. The second kappa shape index (κ2) is 8.75. The third-order valence-electron chi connectivity index (χ3n) is 4.99. The van der Waals surface area contributed by atoms with Crippen LogP contribution in [0, 0.1) is 17.5 Å². The summed E-state index contributed by atoms with van der Waals surface area (Å²) in [7, 11) is 1.73. The average Bonchev–Trinajstić information content (AvgIpc) is 3.10. The van der Waals surface area contributed by atoms with Crippen LogP contribution in [0.1, 0.15) is 5.56 Å². The molecule has 2 N–H and O–H groups in total. The molecule has 0 unspecified atom stereocenters. The van der Waals surface area contributed by atoms with Crippen LogP contribution in [0.4, 0.5) is 24.7 Å². The molecular weight excluding hydrogens is 463 g/mol. The van der Waals surface area contributed by atoms with Crippen molar-refractivity contribution in [1.29, 1.82) is 0 Å². The first-order chi connectivity index (χ1) is 15.7. The van der Waals surface area contributed by atoms with Crippen LogP contribution in [-0.4, -0.2) is 30.6 Å². The summed E-state index contributed by atoms with van der Waals surface area (Å²) in [4.78, 5) is 25.5. The fourth-order valence-corrected chi connectivity index (χ4v) is 3.64. The van der Waals surface area contributed by atoms with Gasteiger partial charge in [-0.15, -0.1) is 0 Å². The van der Waals surface area contributed by atoms with Crippen molar-refractivity contribution in [3.8, 4) is 0 Å². The number of nitrogens with one attached hydrogen (secondary N) is 1. The lowest BCUT2D eigenvalue weighted by atomic mass is 10.2. The zero-order chi connectivity index (χ0) is 23.9. The summed E-state index contributed by atoms with van der Waals surface area (Å²) in [5, 5.41) is 17.3. The van der Waals surface area contributed by atoms with Crippen molar-refractivity contribution >= 4 is 34.0 Å². The van der Waals surface area contributed by atoms with Crippen molar-refractivity contribution in [3.63, 3.8) is 0 Å². The van der Waals surface area contributed by atoms with Crippen molar-refractivity contribution < 1.29 is 18.3 Å². The van der Waals surface area contributed by atoms with Gasteiger partial charge in [0.15, 0.2) is 11.6 Å². The molecular formula is C21H17ClF3N5O3. The molecule has 0 saturated heterocycles. The minimum Gasteiger partial charge on any atom is -0.395 e. The van der Waals surface area contributed by atoms with E-state index in [1.165, 1.54) is 0 Å². The molecule has 0 aliphatic rings. The van der Waals surface area contributed by atoms with Crippen LogP contribution in [0.5, 0.6) is 0 Å². The summed E-state index contributed by atoms with van der Waals surface area (Å²) in [6.07, 6.45) is 1.74. The van der Waals surface area contributed by atoms with Crippen LogP contribution in [0.3, 0.4) is 0 Å². The van der Waals surface area contributed by atoms with Crippen molar-refractivity contribution in [1.82, 2.24) is 18.9 Å². The Balaban J connectivity index is 1.86. The van der Waals surface area contributed by atoms with Gasteiger partial charge in [0.25, 0.3) is 5.56 Å². The predicted octanol–water partition coefficient (Wildman–Crippen LogP) is 2.75. The number of halogens is 4. The lowest BCUT2D eigenvalue weighted by molar-refractivity contribution is 0.270. The molecule has 8 nitrogen and oxygen atoms in total. The maximum atomic E-state index is 14.3. The number of aliphatic hydroxyl groups excluding tert-OH is 1. The van der Waals surface area contributed by atoms with Gasteiger partial charge in [0.05, 0.1) is 35.9 Å². The highest BCUT2D eigenvalue weighted by Gasteiger charge is 2.17. The zero-order valence-electron chi connectivity index (χ0n) is 17.1. The van der Waals surface area contributed by atoms with Crippen LogP contribution in [0.2, 0.25) is 5.02 Å². The van der Waals surface area contributed by atoms with E-state index in [0.717, 1.165) is 20.6 Å². The Labute approximate surface area is 189 Å². The summed E-state index contributed by atoms with van der Waals surface area (Å²) < 4.78 is 44.7. The molecule has 33 heavy (non-hydrogen) atoms. The molecule has 2 heterocycles. The number of hydrogen-bond acceptors (Lipinski definition) is 5. The van der Waals surface area contributed by atoms with Crippen molar-refractivity contribution in [3.05, 3.63) is 85.4 Å². The van der Waals surface area contributed by atoms with Crippen molar-refractivity contribution in [2.24, 2.45) is 7.05 Å². The Morgan fingerprint density at radius 2 is 1.76 bits per heavy atom. The van der Waals surface area contributed by atoms with Crippen LogP contribution >= 0.6 is 11.6 Å². The van der Waals surface area contributed by atoms with Gasteiger partial charge in [0.2, 0.25) is 0 Å².